The zero-order valence-corrected chi connectivity index (χ0v) is 16.9. The number of esters is 1. The number of hydrogen-bond donors (Lipinski definition) is 1. The lowest BCUT2D eigenvalue weighted by molar-refractivity contribution is -0.141. The number of hydrogen-bond acceptors (Lipinski definition) is 6. The van der Waals surface area contributed by atoms with Crippen LogP contribution in [0.2, 0.25) is 0 Å². The van der Waals surface area contributed by atoms with Gasteiger partial charge in [-0.05, 0) is 48.9 Å². The van der Waals surface area contributed by atoms with E-state index >= 15 is 0 Å². The number of unbranched alkanes of at least 4 members (excludes halogenated alkanes) is 1. The molecule has 0 atom stereocenters. The van der Waals surface area contributed by atoms with Gasteiger partial charge in [-0.1, -0.05) is 13.3 Å². The highest BCUT2D eigenvalue weighted by molar-refractivity contribution is 6.00. The van der Waals surface area contributed by atoms with Gasteiger partial charge in [0.05, 0.1) is 19.3 Å². The van der Waals surface area contributed by atoms with Crippen LogP contribution in [0.1, 0.15) is 40.5 Å². The van der Waals surface area contributed by atoms with Crippen molar-refractivity contribution in [3.8, 4) is 11.5 Å². The number of ether oxygens (including phenoxy) is 3. The summed E-state index contributed by atoms with van der Waals surface area (Å²) < 4.78 is 28.7. The minimum Gasteiger partial charge on any atom is -0.496 e. The quantitative estimate of drug-likeness (QED) is 0.343. The number of halogens is 1. The lowest BCUT2D eigenvalue weighted by Gasteiger charge is -2.09. The fourth-order valence-corrected chi connectivity index (χ4v) is 2.46. The second-order valence-electron chi connectivity index (χ2n) is 6.34. The first kappa shape index (κ1) is 22.9. The molecule has 0 radical (unpaired) electrons. The van der Waals surface area contributed by atoms with Crippen LogP contribution in [-0.2, 0) is 9.53 Å². The van der Waals surface area contributed by atoms with Crippen LogP contribution in [0.4, 0.5) is 4.39 Å². The van der Waals surface area contributed by atoms with Crippen molar-refractivity contribution in [2.45, 2.75) is 19.8 Å². The smallest absolute Gasteiger partial charge is 0.325 e. The Morgan fingerprint density at radius 2 is 1.80 bits per heavy atom. The predicted molar refractivity (Wildman–Crippen MR) is 107 cm³/mol. The van der Waals surface area contributed by atoms with Gasteiger partial charge in [-0.3, -0.25) is 14.4 Å². The monoisotopic (exact) mass is 417 g/mol. The summed E-state index contributed by atoms with van der Waals surface area (Å²) in [5.74, 6) is -1.67. The molecule has 8 heteroatoms. The maximum atomic E-state index is 13.3. The summed E-state index contributed by atoms with van der Waals surface area (Å²) in [6.07, 6.45) is 1.97. The van der Waals surface area contributed by atoms with Crippen molar-refractivity contribution in [2.75, 3.05) is 26.9 Å². The fraction of sp³-hybridized carbons (Fsp3) is 0.318. The van der Waals surface area contributed by atoms with E-state index in [9.17, 15) is 18.8 Å². The lowest BCUT2D eigenvalue weighted by Crippen LogP contribution is -2.31. The van der Waals surface area contributed by atoms with Crippen LogP contribution >= 0.6 is 0 Å². The number of benzene rings is 2. The molecule has 7 nitrogen and oxygen atoms in total. The van der Waals surface area contributed by atoms with Gasteiger partial charge < -0.3 is 19.5 Å². The van der Waals surface area contributed by atoms with Crippen molar-refractivity contribution < 1.29 is 33.0 Å². The molecule has 1 amide bonds. The van der Waals surface area contributed by atoms with Gasteiger partial charge in [-0.2, -0.15) is 0 Å². The summed E-state index contributed by atoms with van der Waals surface area (Å²) in [5.41, 5.74) is 0.321. The zero-order chi connectivity index (χ0) is 21.9. The van der Waals surface area contributed by atoms with Crippen molar-refractivity contribution in [2.24, 2.45) is 0 Å². The number of methoxy groups -OCH3 is 1. The Kier molecular flexibility index (Phi) is 8.80. The summed E-state index contributed by atoms with van der Waals surface area (Å²) in [6.45, 7) is 1.66. The number of rotatable bonds is 11. The molecule has 30 heavy (non-hydrogen) atoms. The molecule has 0 spiro atoms. The van der Waals surface area contributed by atoms with E-state index in [1.54, 1.807) is 24.3 Å². The number of amides is 1. The molecule has 0 saturated heterocycles. The predicted octanol–water partition coefficient (Wildman–Crippen LogP) is 3.17. The molecule has 0 aliphatic heterocycles. The largest absolute Gasteiger partial charge is 0.496 e. The van der Waals surface area contributed by atoms with Gasteiger partial charge in [0.2, 0.25) is 5.78 Å². The van der Waals surface area contributed by atoms with Crippen molar-refractivity contribution in [3.63, 3.8) is 0 Å². The molecule has 0 fully saturated rings. The Morgan fingerprint density at radius 3 is 2.47 bits per heavy atom. The van der Waals surface area contributed by atoms with Gasteiger partial charge in [0.25, 0.3) is 5.91 Å². The standard InChI is InChI=1S/C22H24FNO6/c1-3-4-11-29-17-8-5-15(6-9-17)22(27)24-13-21(26)30-14-19(25)18-12-16(23)7-10-20(18)28-2/h5-10,12H,3-4,11,13-14H2,1-2H3,(H,24,27). The van der Waals surface area contributed by atoms with Gasteiger partial charge in [0.1, 0.15) is 23.9 Å². The first-order valence-electron chi connectivity index (χ1n) is 9.48. The van der Waals surface area contributed by atoms with Crippen LogP contribution in [0, 0.1) is 5.82 Å². The van der Waals surface area contributed by atoms with Crippen LogP contribution in [0.25, 0.3) is 0 Å². The van der Waals surface area contributed by atoms with Crippen LogP contribution in [-0.4, -0.2) is 44.5 Å². The Hall–Kier alpha value is -3.42. The average Bonchev–Trinajstić information content (AvgIpc) is 2.76. The van der Waals surface area contributed by atoms with Crippen molar-refractivity contribution >= 4 is 17.7 Å². The SMILES string of the molecule is CCCCOc1ccc(C(=O)NCC(=O)OCC(=O)c2cc(F)ccc2OC)cc1. The minimum absolute atomic E-state index is 0.0319. The van der Waals surface area contributed by atoms with Crippen LogP contribution < -0.4 is 14.8 Å². The summed E-state index contributed by atoms with van der Waals surface area (Å²) in [4.78, 5) is 36.1. The third kappa shape index (κ3) is 6.88. The highest BCUT2D eigenvalue weighted by Crippen LogP contribution is 2.20. The van der Waals surface area contributed by atoms with Crippen LogP contribution in [0.3, 0.4) is 0 Å². The Labute approximate surface area is 174 Å². The molecule has 0 saturated carbocycles. The molecular weight excluding hydrogens is 393 g/mol. The van der Waals surface area contributed by atoms with E-state index in [0.717, 1.165) is 25.0 Å². The third-order valence-electron chi connectivity index (χ3n) is 4.10. The van der Waals surface area contributed by atoms with Gasteiger partial charge in [0, 0.05) is 5.56 Å². The molecule has 2 aromatic carbocycles. The van der Waals surface area contributed by atoms with Crippen molar-refractivity contribution in [1.82, 2.24) is 5.32 Å². The summed E-state index contributed by atoms with van der Waals surface area (Å²) in [5, 5.41) is 2.42. The molecule has 0 aromatic heterocycles. The molecule has 0 heterocycles. The maximum absolute atomic E-state index is 13.3. The maximum Gasteiger partial charge on any atom is 0.325 e. The normalized spacial score (nSPS) is 10.2. The highest BCUT2D eigenvalue weighted by atomic mass is 19.1. The Balaban J connectivity index is 1.79. The summed E-state index contributed by atoms with van der Waals surface area (Å²) >= 11 is 0. The van der Waals surface area contributed by atoms with Crippen LogP contribution in [0.5, 0.6) is 11.5 Å². The molecule has 0 aliphatic carbocycles. The molecule has 2 aromatic rings. The summed E-state index contributed by atoms with van der Waals surface area (Å²) in [7, 11) is 1.34. The molecule has 0 aliphatic rings. The summed E-state index contributed by atoms with van der Waals surface area (Å²) in [6, 6.07) is 9.99. The molecule has 160 valence electrons. The number of nitrogens with one attached hydrogen (secondary N) is 1. The van der Waals surface area contributed by atoms with Gasteiger partial charge in [-0.15, -0.1) is 0 Å². The van der Waals surface area contributed by atoms with E-state index in [1.807, 2.05) is 0 Å². The zero-order valence-electron chi connectivity index (χ0n) is 16.9. The number of ketones is 1. The number of carbonyl (C=O) groups excluding carboxylic acids is 3. The minimum atomic E-state index is -0.799. The fourth-order valence-electron chi connectivity index (χ4n) is 2.46. The van der Waals surface area contributed by atoms with Crippen molar-refractivity contribution in [1.29, 1.82) is 0 Å². The van der Waals surface area contributed by atoms with E-state index in [2.05, 4.69) is 12.2 Å². The lowest BCUT2D eigenvalue weighted by atomic mass is 10.1. The van der Waals surface area contributed by atoms with E-state index in [4.69, 9.17) is 14.2 Å². The molecular formula is C22H24FNO6. The molecule has 1 N–H and O–H groups in total. The highest BCUT2D eigenvalue weighted by Gasteiger charge is 2.16. The second-order valence-corrected chi connectivity index (χ2v) is 6.34. The van der Waals surface area contributed by atoms with E-state index in [-0.39, 0.29) is 11.3 Å². The van der Waals surface area contributed by atoms with Crippen molar-refractivity contribution in [3.05, 3.63) is 59.4 Å². The third-order valence-corrected chi connectivity index (χ3v) is 4.10. The Bertz CT molecular complexity index is 882. The molecule has 0 bridgehead atoms. The van der Waals surface area contributed by atoms with E-state index in [0.29, 0.717) is 17.9 Å². The number of carbonyl (C=O) groups is 3. The number of Topliss-reactive ketones (excluding diaryl/α,β-unsaturated/α-hetero) is 1. The topological polar surface area (TPSA) is 90.9 Å². The van der Waals surface area contributed by atoms with E-state index in [1.165, 1.54) is 13.2 Å². The van der Waals surface area contributed by atoms with Gasteiger partial charge in [-0.25, -0.2) is 4.39 Å². The van der Waals surface area contributed by atoms with Gasteiger partial charge in [0.15, 0.2) is 6.61 Å². The second kappa shape index (κ2) is 11.5. The van der Waals surface area contributed by atoms with E-state index < -0.39 is 36.6 Å². The van der Waals surface area contributed by atoms with Crippen LogP contribution in [0.15, 0.2) is 42.5 Å². The van der Waals surface area contributed by atoms with Gasteiger partial charge >= 0.3 is 5.97 Å². The first-order chi connectivity index (χ1) is 14.4. The average molecular weight is 417 g/mol. The molecule has 2 rings (SSSR count). The first-order valence-corrected chi connectivity index (χ1v) is 9.48. The Morgan fingerprint density at radius 1 is 1.07 bits per heavy atom. The molecule has 0 unspecified atom stereocenters.